The highest BCUT2D eigenvalue weighted by molar-refractivity contribution is 5.74. The van der Waals surface area contributed by atoms with E-state index >= 15 is 0 Å². The van der Waals surface area contributed by atoms with E-state index in [1.54, 1.807) is 6.07 Å². The Bertz CT molecular complexity index is 1400. The van der Waals surface area contributed by atoms with Crippen molar-refractivity contribution in [2.24, 2.45) is 7.05 Å². The van der Waals surface area contributed by atoms with E-state index in [1.807, 2.05) is 0 Å². The highest BCUT2D eigenvalue weighted by Crippen LogP contribution is 2.38. The predicted octanol–water partition coefficient (Wildman–Crippen LogP) is 3.13. The van der Waals surface area contributed by atoms with E-state index in [1.165, 1.54) is 25.1 Å². The van der Waals surface area contributed by atoms with Crippen molar-refractivity contribution in [1.29, 1.82) is 0 Å². The van der Waals surface area contributed by atoms with Gasteiger partial charge in [-0.25, -0.2) is 18.5 Å². The Morgan fingerprint density at radius 3 is 2.29 bits per heavy atom. The molecule has 0 aliphatic carbocycles. The van der Waals surface area contributed by atoms with E-state index in [0.717, 1.165) is 20.2 Å². The topological polar surface area (TPSA) is 109 Å². The van der Waals surface area contributed by atoms with Gasteiger partial charge in [0.2, 0.25) is 0 Å². The number of hydrogen-bond donors (Lipinski definition) is 1. The standard InChI is InChI=1S/C22H18F4N2O7/c1-11(20(31)33-3)34-15-6-4-5-7-16(15)35-17-9-13(12(23)8-14(17)29)28-19(30)10-18(22(24,25)26)27(2)21(28)32/h4-11,29H,1-3H3. The molecule has 3 aromatic rings. The average molecular weight is 498 g/mol. The van der Waals surface area contributed by atoms with Crippen LogP contribution in [0.2, 0.25) is 0 Å². The van der Waals surface area contributed by atoms with Crippen molar-refractivity contribution in [3.63, 3.8) is 0 Å². The molecule has 9 nitrogen and oxygen atoms in total. The molecule has 0 saturated heterocycles. The third kappa shape index (κ3) is 5.13. The zero-order chi connectivity index (χ0) is 26.1. The van der Waals surface area contributed by atoms with Crippen LogP contribution in [-0.4, -0.2) is 33.4 Å². The summed E-state index contributed by atoms with van der Waals surface area (Å²) < 4.78 is 69.9. The molecule has 13 heteroatoms. The molecule has 0 saturated carbocycles. The van der Waals surface area contributed by atoms with Gasteiger partial charge in [0.1, 0.15) is 5.69 Å². The Balaban J connectivity index is 2.09. The fourth-order valence-corrected chi connectivity index (χ4v) is 3.06. The Morgan fingerprint density at radius 1 is 1.06 bits per heavy atom. The Morgan fingerprint density at radius 2 is 1.69 bits per heavy atom. The Kier molecular flexibility index (Phi) is 6.89. The normalized spacial score (nSPS) is 12.2. The lowest BCUT2D eigenvalue weighted by atomic mass is 10.2. The lowest BCUT2D eigenvalue weighted by molar-refractivity contribution is -0.148. The number of hydrogen-bond acceptors (Lipinski definition) is 7. The van der Waals surface area contributed by atoms with Crippen molar-refractivity contribution in [2.45, 2.75) is 19.2 Å². The maximum absolute atomic E-state index is 14.6. The highest BCUT2D eigenvalue weighted by Gasteiger charge is 2.35. The molecule has 1 atom stereocenters. The van der Waals surface area contributed by atoms with Gasteiger partial charge in [0, 0.05) is 25.2 Å². The number of carbonyl (C=O) groups is 1. The molecular formula is C22H18F4N2O7. The first-order valence-electron chi connectivity index (χ1n) is 9.79. The number of phenols is 1. The quantitative estimate of drug-likeness (QED) is 0.411. The fraction of sp³-hybridized carbons (Fsp3) is 0.227. The molecule has 0 amide bonds. The van der Waals surface area contributed by atoms with Gasteiger partial charge in [-0.05, 0) is 19.1 Å². The monoisotopic (exact) mass is 498 g/mol. The van der Waals surface area contributed by atoms with Gasteiger partial charge >= 0.3 is 17.8 Å². The van der Waals surface area contributed by atoms with Gasteiger partial charge in [0.15, 0.2) is 34.9 Å². The van der Waals surface area contributed by atoms with E-state index in [0.29, 0.717) is 6.07 Å². The molecule has 1 N–H and O–H groups in total. The minimum absolute atomic E-state index is 0.0262. The summed E-state index contributed by atoms with van der Waals surface area (Å²) in [6, 6.07) is 7.30. The maximum atomic E-state index is 14.6. The smallest absolute Gasteiger partial charge is 0.431 e. The minimum atomic E-state index is -5.00. The zero-order valence-corrected chi connectivity index (χ0v) is 18.4. The van der Waals surface area contributed by atoms with E-state index in [-0.39, 0.29) is 26.7 Å². The lowest BCUT2D eigenvalue weighted by Gasteiger charge is -2.17. The number of rotatable bonds is 6. The summed E-state index contributed by atoms with van der Waals surface area (Å²) in [5.41, 5.74) is -5.22. The van der Waals surface area contributed by atoms with E-state index in [4.69, 9.17) is 9.47 Å². The average Bonchev–Trinajstić information content (AvgIpc) is 2.78. The van der Waals surface area contributed by atoms with Crippen LogP contribution in [0.15, 0.2) is 52.1 Å². The van der Waals surface area contributed by atoms with Crippen molar-refractivity contribution in [1.82, 2.24) is 9.13 Å². The van der Waals surface area contributed by atoms with Crippen molar-refractivity contribution < 1.29 is 41.7 Å². The van der Waals surface area contributed by atoms with Gasteiger partial charge < -0.3 is 19.3 Å². The SMILES string of the molecule is COC(=O)C(C)Oc1ccccc1Oc1cc(-n2c(=O)cc(C(F)(F)F)n(C)c2=O)c(F)cc1O. The predicted molar refractivity (Wildman–Crippen MR) is 113 cm³/mol. The summed E-state index contributed by atoms with van der Waals surface area (Å²) in [5, 5.41) is 10.2. The van der Waals surface area contributed by atoms with Crippen LogP contribution in [0, 0.1) is 5.82 Å². The number of aromatic hydroxyl groups is 1. The van der Waals surface area contributed by atoms with Crippen LogP contribution in [-0.2, 0) is 22.8 Å². The van der Waals surface area contributed by atoms with Crippen molar-refractivity contribution in [3.05, 3.63) is 74.8 Å². The molecule has 0 fully saturated rings. The number of esters is 1. The number of benzene rings is 2. The molecule has 1 heterocycles. The second kappa shape index (κ2) is 9.52. The van der Waals surface area contributed by atoms with Crippen LogP contribution in [0.25, 0.3) is 5.69 Å². The van der Waals surface area contributed by atoms with Gasteiger partial charge in [0.25, 0.3) is 5.56 Å². The van der Waals surface area contributed by atoms with Gasteiger partial charge in [-0.3, -0.25) is 9.36 Å². The molecule has 2 aromatic carbocycles. The van der Waals surface area contributed by atoms with E-state index in [2.05, 4.69) is 4.74 Å². The Labute approximate surface area is 194 Å². The number of carbonyl (C=O) groups excluding carboxylic acids is 1. The van der Waals surface area contributed by atoms with Crippen LogP contribution in [0.1, 0.15) is 12.6 Å². The molecule has 1 unspecified atom stereocenters. The van der Waals surface area contributed by atoms with E-state index in [9.17, 15) is 37.1 Å². The summed E-state index contributed by atoms with van der Waals surface area (Å²) in [4.78, 5) is 36.5. The molecule has 186 valence electrons. The summed E-state index contributed by atoms with van der Waals surface area (Å²) >= 11 is 0. The molecule has 0 bridgehead atoms. The third-order valence-electron chi connectivity index (χ3n) is 4.79. The third-order valence-corrected chi connectivity index (χ3v) is 4.79. The van der Waals surface area contributed by atoms with Gasteiger partial charge in [-0.2, -0.15) is 13.2 Å². The second-order valence-electron chi connectivity index (χ2n) is 7.15. The number of nitrogens with zero attached hydrogens (tertiary/aromatic N) is 2. The first-order chi connectivity index (χ1) is 16.3. The fourth-order valence-electron chi connectivity index (χ4n) is 3.06. The highest BCUT2D eigenvalue weighted by atomic mass is 19.4. The first-order valence-corrected chi connectivity index (χ1v) is 9.79. The number of alkyl halides is 3. The van der Waals surface area contributed by atoms with Crippen LogP contribution in [0.5, 0.6) is 23.0 Å². The zero-order valence-electron chi connectivity index (χ0n) is 18.4. The van der Waals surface area contributed by atoms with Crippen molar-refractivity contribution in [2.75, 3.05) is 7.11 Å². The number of halogens is 4. The Hall–Kier alpha value is -4.29. The van der Waals surface area contributed by atoms with Crippen molar-refractivity contribution in [3.8, 4) is 28.7 Å². The van der Waals surface area contributed by atoms with E-state index < -0.39 is 58.2 Å². The number of para-hydroxylation sites is 2. The summed E-state index contributed by atoms with van der Waals surface area (Å²) in [6.45, 7) is 1.41. The number of methoxy groups -OCH3 is 1. The van der Waals surface area contributed by atoms with Crippen LogP contribution in [0.3, 0.4) is 0 Å². The van der Waals surface area contributed by atoms with Crippen molar-refractivity contribution >= 4 is 5.97 Å². The van der Waals surface area contributed by atoms with Gasteiger partial charge in [-0.15, -0.1) is 0 Å². The second-order valence-corrected chi connectivity index (χ2v) is 7.15. The lowest BCUT2D eigenvalue weighted by Crippen LogP contribution is -2.41. The summed E-state index contributed by atoms with van der Waals surface area (Å²) in [6.07, 6.45) is -6.05. The number of aromatic nitrogens is 2. The molecule has 0 spiro atoms. The molecule has 0 radical (unpaired) electrons. The molecule has 35 heavy (non-hydrogen) atoms. The largest absolute Gasteiger partial charge is 0.504 e. The molecule has 0 aliphatic rings. The number of ether oxygens (including phenoxy) is 3. The maximum Gasteiger partial charge on any atom is 0.431 e. The minimum Gasteiger partial charge on any atom is -0.504 e. The summed E-state index contributed by atoms with van der Waals surface area (Å²) in [7, 11) is 1.93. The molecule has 0 aliphatic heterocycles. The molecular weight excluding hydrogens is 480 g/mol. The van der Waals surface area contributed by atoms with Crippen LogP contribution >= 0.6 is 0 Å². The molecule has 1 aromatic heterocycles. The van der Waals surface area contributed by atoms with Gasteiger partial charge in [0.05, 0.1) is 12.8 Å². The number of phenolic OH excluding ortho intramolecular Hbond substituents is 1. The summed E-state index contributed by atoms with van der Waals surface area (Å²) in [5.74, 6) is -3.21. The molecule has 3 rings (SSSR count). The van der Waals surface area contributed by atoms with Gasteiger partial charge in [-0.1, -0.05) is 12.1 Å². The first kappa shape index (κ1) is 25.3. The van der Waals surface area contributed by atoms with Crippen LogP contribution in [0.4, 0.5) is 17.6 Å². The van der Waals surface area contributed by atoms with Crippen LogP contribution < -0.4 is 20.7 Å².